The minimum Gasteiger partial charge on any atom is -0.344 e. The molecule has 0 saturated heterocycles. The maximum absolute atomic E-state index is 12.2. The molecule has 0 atom stereocenters. The van der Waals surface area contributed by atoms with Gasteiger partial charge in [0.25, 0.3) is 0 Å². The standard InChI is InChI=1S/C13H27N3O/c1-15(2)8-9-16(3)13(17)12-6-4-11(10-14)5-7-12/h11-12H,4-10,14H2,1-3H3. The number of nitrogens with zero attached hydrogens (tertiary/aromatic N) is 2. The third kappa shape index (κ3) is 4.64. The summed E-state index contributed by atoms with van der Waals surface area (Å²) in [6.45, 7) is 2.53. The van der Waals surface area contributed by atoms with Crippen LogP contribution in [0.3, 0.4) is 0 Å². The van der Waals surface area contributed by atoms with Gasteiger partial charge in [0, 0.05) is 26.1 Å². The molecule has 4 heteroatoms. The summed E-state index contributed by atoms with van der Waals surface area (Å²) in [6, 6.07) is 0. The lowest BCUT2D eigenvalue weighted by atomic mass is 9.81. The molecular weight excluding hydrogens is 214 g/mol. The molecule has 1 saturated carbocycles. The monoisotopic (exact) mass is 241 g/mol. The van der Waals surface area contributed by atoms with Crippen LogP contribution in [0.15, 0.2) is 0 Å². The smallest absolute Gasteiger partial charge is 0.225 e. The minimum atomic E-state index is 0.241. The van der Waals surface area contributed by atoms with E-state index in [2.05, 4.69) is 4.90 Å². The largest absolute Gasteiger partial charge is 0.344 e. The molecule has 1 aliphatic rings. The van der Waals surface area contributed by atoms with E-state index >= 15 is 0 Å². The van der Waals surface area contributed by atoms with Crippen molar-refractivity contribution in [1.82, 2.24) is 9.80 Å². The summed E-state index contributed by atoms with van der Waals surface area (Å²) in [7, 11) is 5.98. The van der Waals surface area contributed by atoms with Gasteiger partial charge >= 0.3 is 0 Å². The Morgan fingerprint density at radius 1 is 1.12 bits per heavy atom. The minimum absolute atomic E-state index is 0.241. The van der Waals surface area contributed by atoms with Crippen molar-refractivity contribution in [1.29, 1.82) is 0 Å². The molecule has 0 aromatic rings. The van der Waals surface area contributed by atoms with Gasteiger partial charge in [-0.05, 0) is 52.2 Å². The molecule has 1 amide bonds. The van der Waals surface area contributed by atoms with Gasteiger partial charge in [-0.15, -0.1) is 0 Å². The van der Waals surface area contributed by atoms with Crippen molar-refractivity contribution in [3.8, 4) is 0 Å². The van der Waals surface area contributed by atoms with Crippen LogP contribution >= 0.6 is 0 Å². The van der Waals surface area contributed by atoms with Gasteiger partial charge in [0.05, 0.1) is 0 Å². The molecule has 0 bridgehead atoms. The summed E-state index contributed by atoms with van der Waals surface area (Å²) < 4.78 is 0. The number of nitrogens with two attached hydrogens (primary N) is 1. The molecular formula is C13H27N3O. The Morgan fingerprint density at radius 2 is 1.71 bits per heavy atom. The number of rotatable bonds is 5. The van der Waals surface area contributed by atoms with Crippen LogP contribution in [0.5, 0.6) is 0 Å². The highest BCUT2D eigenvalue weighted by Gasteiger charge is 2.27. The summed E-state index contributed by atoms with van der Waals surface area (Å²) >= 11 is 0. The quantitative estimate of drug-likeness (QED) is 0.773. The van der Waals surface area contributed by atoms with Crippen molar-refractivity contribution >= 4 is 5.91 Å². The predicted octanol–water partition coefficient (Wildman–Crippen LogP) is 0.772. The summed E-state index contributed by atoms with van der Waals surface area (Å²) in [4.78, 5) is 16.2. The fourth-order valence-corrected chi connectivity index (χ4v) is 2.42. The zero-order valence-electron chi connectivity index (χ0n) is 11.5. The van der Waals surface area contributed by atoms with Gasteiger partial charge in [0.15, 0.2) is 0 Å². The van der Waals surface area contributed by atoms with E-state index in [1.165, 1.54) is 0 Å². The number of hydrogen-bond acceptors (Lipinski definition) is 3. The van der Waals surface area contributed by atoms with Crippen LogP contribution in [0.4, 0.5) is 0 Å². The van der Waals surface area contributed by atoms with Crippen molar-refractivity contribution in [3.05, 3.63) is 0 Å². The van der Waals surface area contributed by atoms with E-state index in [4.69, 9.17) is 5.73 Å². The van der Waals surface area contributed by atoms with Crippen LogP contribution in [0.25, 0.3) is 0 Å². The molecule has 0 spiro atoms. The average molecular weight is 241 g/mol. The highest BCUT2D eigenvalue weighted by atomic mass is 16.2. The van der Waals surface area contributed by atoms with Crippen molar-refractivity contribution < 1.29 is 4.79 Å². The Balaban J connectivity index is 2.32. The van der Waals surface area contributed by atoms with E-state index in [0.717, 1.165) is 45.3 Å². The molecule has 2 N–H and O–H groups in total. The van der Waals surface area contributed by atoms with Gasteiger partial charge in [0.2, 0.25) is 5.91 Å². The normalized spacial score (nSPS) is 25.0. The molecule has 0 aromatic carbocycles. The molecule has 0 heterocycles. The zero-order valence-corrected chi connectivity index (χ0v) is 11.5. The van der Waals surface area contributed by atoms with Crippen molar-refractivity contribution in [2.75, 3.05) is 40.8 Å². The Kier molecular flexibility index (Phi) is 5.92. The molecule has 0 aromatic heterocycles. The molecule has 0 aliphatic heterocycles. The van der Waals surface area contributed by atoms with Gasteiger partial charge in [-0.25, -0.2) is 0 Å². The Bertz CT molecular complexity index is 235. The second kappa shape index (κ2) is 6.97. The van der Waals surface area contributed by atoms with Gasteiger partial charge in [-0.2, -0.15) is 0 Å². The second-order valence-electron chi connectivity index (χ2n) is 5.52. The van der Waals surface area contributed by atoms with Crippen LogP contribution in [-0.4, -0.2) is 56.5 Å². The first-order chi connectivity index (χ1) is 8.04. The SMILES string of the molecule is CN(C)CCN(C)C(=O)C1CCC(CN)CC1. The third-order valence-corrected chi connectivity index (χ3v) is 3.79. The van der Waals surface area contributed by atoms with E-state index in [9.17, 15) is 4.79 Å². The summed E-state index contributed by atoms with van der Waals surface area (Å²) in [5.41, 5.74) is 5.66. The lowest BCUT2D eigenvalue weighted by Gasteiger charge is -2.30. The predicted molar refractivity (Wildman–Crippen MR) is 70.7 cm³/mol. The van der Waals surface area contributed by atoms with E-state index < -0.39 is 0 Å². The molecule has 0 unspecified atom stereocenters. The maximum atomic E-state index is 12.2. The summed E-state index contributed by atoms with van der Waals surface area (Å²) in [5.74, 6) is 1.21. The summed E-state index contributed by atoms with van der Waals surface area (Å²) in [5, 5.41) is 0. The van der Waals surface area contributed by atoms with E-state index in [0.29, 0.717) is 11.8 Å². The second-order valence-corrected chi connectivity index (χ2v) is 5.52. The van der Waals surface area contributed by atoms with Gasteiger partial charge < -0.3 is 15.5 Å². The molecule has 0 radical (unpaired) electrons. The number of carbonyl (C=O) groups is 1. The molecule has 17 heavy (non-hydrogen) atoms. The maximum Gasteiger partial charge on any atom is 0.225 e. The Labute approximate surface area is 105 Å². The first kappa shape index (κ1) is 14.5. The topological polar surface area (TPSA) is 49.6 Å². The third-order valence-electron chi connectivity index (χ3n) is 3.79. The summed E-state index contributed by atoms with van der Waals surface area (Å²) in [6.07, 6.45) is 4.28. The molecule has 4 nitrogen and oxygen atoms in total. The van der Waals surface area contributed by atoms with E-state index in [1.807, 2.05) is 26.0 Å². The van der Waals surface area contributed by atoms with Crippen LogP contribution in [0.1, 0.15) is 25.7 Å². The lowest BCUT2D eigenvalue weighted by Crippen LogP contribution is -2.39. The highest BCUT2D eigenvalue weighted by molar-refractivity contribution is 5.78. The fraction of sp³-hybridized carbons (Fsp3) is 0.923. The van der Waals surface area contributed by atoms with Crippen molar-refractivity contribution in [2.24, 2.45) is 17.6 Å². The molecule has 1 aliphatic carbocycles. The average Bonchev–Trinajstić information content (AvgIpc) is 2.35. The van der Waals surface area contributed by atoms with E-state index in [1.54, 1.807) is 0 Å². The molecule has 1 rings (SSSR count). The van der Waals surface area contributed by atoms with Gasteiger partial charge in [-0.1, -0.05) is 0 Å². The van der Waals surface area contributed by atoms with Crippen LogP contribution in [0.2, 0.25) is 0 Å². The highest BCUT2D eigenvalue weighted by Crippen LogP contribution is 2.29. The van der Waals surface area contributed by atoms with Gasteiger partial charge in [-0.3, -0.25) is 4.79 Å². The first-order valence-corrected chi connectivity index (χ1v) is 6.64. The van der Waals surface area contributed by atoms with E-state index in [-0.39, 0.29) is 5.92 Å². The van der Waals surface area contributed by atoms with Gasteiger partial charge in [0.1, 0.15) is 0 Å². The fourth-order valence-electron chi connectivity index (χ4n) is 2.42. The zero-order chi connectivity index (χ0) is 12.8. The number of carbonyl (C=O) groups excluding carboxylic acids is 1. The van der Waals surface area contributed by atoms with Crippen molar-refractivity contribution in [3.63, 3.8) is 0 Å². The number of likely N-dealkylation sites (N-methyl/N-ethyl adjacent to an activating group) is 2. The molecule has 100 valence electrons. The Morgan fingerprint density at radius 3 is 2.18 bits per heavy atom. The first-order valence-electron chi connectivity index (χ1n) is 6.64. The van der Waals surface area contributed by atoms with Crippen molar-refractivity contribution in [2.45, 2.75) is 25.7 Å². The number of amides is 1. The lowest BCUT2D eigenvalue weighted by molar-refractivity contribution is -0.135. The van der Waals surface area contributed by atoms with Crippen LogP contribution < -0.4 is 5.73 Å². The van der Waals surface area contributed by atoms with Crippen LogP contribution in [0, 0.1) is 11.8 Å². The molecule has 1 fully saturated rings. The Hall–Kier alpha value is -0.610. The van der Waals surface area contributed by atoms with Crippen LogP contribution in [-0.2, 0) is 4.79 Å². The number of hydrogen-bond donors (Lipinski definition) is 1.